The number of aromatic nitrogens is 2. The summed E-state index contributed by atoms with van der Waals surface area (Å²) in [5.74, 6) is 0.815. The first kappa shape index (κ1) is 16.9. The lowest BCUT2D eigenvalue weighted by molar-refractivity contribution is -0.118. The van der Waals surface area contributed by atoms with Gasteiger partial charge in [0.25, 0.3) is 0 Å². The zero-order valence-electron chi connectivity index (χ0n) is 11.8. The van der Waals surface area contributed by atoms with Crippen LogP contribution in [0.2, 0.25) is 5.02 Å². The van der Waals surface area contributed by atoms with E-state index >= 15 is 0 Å². The van der Waals surface area contributed by atoms with Crippen LogP contribution in [0.1, 0.15) is 5.56 Å². The third kappa shape index (κ3) is 5.04. The fourth-order valence-corrected chi connectivity index (χ4v) is 3.34. The summed E-state index contributed by atoms with van der Waals surface area (Å²) in [4.78, 5) is 11.7. The van der Waals surface area contributed by atoms with E-state index in [4.69, 9.17) is 22.1 Å². The summed E-state index contributed by atoms with van der Waals surface area (Å²) >= 11 is 8.61. The first-order chi connectivity index (χ1) is 10.6. The Kier molecular flexibility index (Phi) is 6.29. The number of carbonyl (C=O) groups is 1. The minimum absolute atomic E-state index is 0.0988. The number of carbonyl (C=O) groups excluding carboxylic acids is 1. The molecule has 0 fully saturated rings. The third-order valence-electron chi connectivity index (χ3n) is 2.58. The van der Waals surface area contributed by atoms with E-state index in [0.717, 1.165) is 5.56 Å². The van der Waals surface area contributed by atoms with Crippen LogP contribution in [0.5, 0.6) is 5.75 Å². The molecule has 2 rings (SSSR count). The first-order valence-corrected chi connectivity index (χ1v) is 8.60. The highest BCUT2D eigenvalue weighted by atomic mass is 35.5. The number of para-hydroxylation sites is 1. The largest absolute Gasteiger partial charge is 0.490 e. The summed E-state index contributed by atoms with van der Waals surface area (Å²) in [6.07, 6.45) is 0. The van der Waals surface area contributed by atoms with Crippen LogP contribution in [0, 0.1) is 6.92 Å². The number of rotatable bonds is 7. The number of nitrogens with zero attached hydrogens (tertiary/aromatic N) is 2. The quantitative estimate of drug-likeness (QED) is 0.583. The van der Waals surface area contributed by atoms with Gasteiger partial charge in [0.15, 0.2) is 4.34 Å². The predicted molar refractivity (Wildman–Crippen MR) is 89.7 cm³/mol. The molecule has 0 saturated heterocycles. The van der Waals surface area contributed by atoms with Gasteiger partial charge < -0.3 is 15.8 Å². The number of halogens is 1. The maximum absolute atomic E-state index is 11.7. The molecule has 2 aromatic rings. The molecule has 1 aromatic heterocycles. The van der Waals surface area contributed by atoms with E-state index in [1.807, 2.05) is 19.1 Å². The summed E-state index contributed by atoms with van der Waals surface area (Å²) < 4.78 is 6.27. The van der Waals surface area contributed by atoms with Gasteiger partial charge in [-0.1, -0.05) is 46.8 Å². The highest BCUT2D eigenvalue weighted by Gasteiger charge is 2.07. The number of nitrogens with one attached hydrogen (secondary N) is 1. The van der Waals surface area contributed by atoms with E-state index < -0.39 is 0 Å². The van der Waals surface area contributed by atoms with Crippen molar-refractivity contribution in [2.75, 3.05) is 24.6 Å². The summed E-state index contributed by atoms with van der Waals surface area (Å²) in [6, 6.07) is 5.56. The zero-order chi connectivity index (χ0) is 15.9. The topological polar surface area (TPSA) is 90.1 Å². The molecule has 9 heteroatoms. The Bertz CT molecular complexity index is 630. The number of hydrogen-bond donors (Lipinski definition) is 2. The molecule has 22 heavy (non-hydrogen) atoms. The molecule has 1 heterocycles. The van der Waals surface area contributed by atoms with Crippen molar-refractivity contribution >= 4 is 45.7 Å². The van der Waals surface area contributed by atoms with Crippen molar-refractivity contribution in [1.82, 2.24) is 15.5 Å². The fraction of sp³-hybridized carbons (Fsp3) is 0.308. The lowest BCUT2D eigenvalue weighted by Crippen LogP contribution is -2.29. The molecule has 0 atom stereocenters. The van der Waals surface area contributed by atoms with Crippen LogP contribution < -0.4 is 15.8 Å². The van der Waals surface area contributed by atoms with E-state index in [1.165, 1.54) is 23.1 Å². The smallest absolute Gasteiger partial charge is 0.230 e. The number of thioether (sulfide) groups is 1. The monoisotopic (exact) mass is 358 g/mol. The van der Waals surface area contributed by atoms with Gasteiger partial charge >= 0.3 is 0 Å². The van der Waals surface area contributed by atoms with Crippen LogP contribution in [0.4, 0.5) is 5.13 Å². The highest BCUT2D eigenvalue weighted by molar-refractivity contribution is 8.01. The van der Waals surface area contributed by atoms with Gasteiger partial charge in [0.1, 0.15) is 12.4 Å². The van der Waals surface area contributed by atoms with Gasteiger partial charge in [-0.05, 0) is 18.6 Å². The molecule has 0 aliphatic carbocycles. The second kappa shape index (κ2) is 8.21. The van der Waals surface area contributed by atoms with Gasteiger partial charge in [0.05, 0.1) is 17.3 Å². The van der Waals surface area contributed by atoms with E-state index in [2.05, 4.69) is 15.5 Å². The molecular formula is C13H15ClN4O2S2. The Morgan fingerprint density at radius 2 is 2.32 bits per heavy atom. The van der Waals surface area contributed by atoms with Crippen molar-refractivity contribution in [2.24, 2.45) is 0 Å². The Balaban J connectivity index is 1.67. The Hall–Kier alpha value is -1.51. The van der Waals surface area contributed by atoms with E-state index in [9.17, 15) is 4.79 Å². The molecule has 0 unspecified atom stereocenters. The average molecular weight is 359 g/mol. The van der Waals surface area contributed by atoms with Crippen LogP contribution in [0.3, 0.4) is 0 Å². The van der Waals surface area contributed by atoms with E-state index in [0.29, 0.717) is 33.4 Å². The number of ether oxygens (including phenoxy) is 1. The molecule has 0 radical (unpaired) electrons. The molecule has 118 valence electrons. The number of anilines is 1. The predicted octanol–water partition coefficient (Wildman–Crippen LogP) is 2.37. The minimum Gasteiger partial charge on any atom is -0.490 e. The summed E-state index contributed by atoms with van der Waals surface area (Å²) in [5, 5.41) is 11.2. The normalized spacial score (nSPS) is 10.5. The maximum atomic E-state index is 11.7. The Morgan fingerprint density at radius 1 is 1.50 bits per heavy atom. The number of amides is 1. The number of nitrogens with two attached hydrogens (primary N) is 1. The molecular weight excluding hydrogens is 344 g/mol. The maximum Gasteiger partial charge on any atom is 0.230 e. The van der Waals surface area contributed by atoms with Crippen LogP contribution in [0.15, 0.2) is 22.5 Å². The van der Waals surface area contributed by atoms with Gasteiger partial charge in [-0.25, -0.2) is 0 Å². The van der Waals surface area contributed by atoms with Crippen molar-refractivity contribution in [1.29, 1.82) is 0 Å². The first-order valence-electron chi connectivity index (χ1n) is 6.42. The van der Waals surface area contributed by atoms with E-state index in [1.54, 1.807) is 6.07 Å². The lowest BCUT2D eigenvalue weighted by Gasteiger charge is -2.11. The van der Waals surface area contributed by atoms with Gasteiger partial charge in [-0.2, -0.15) is 0 Å². The molecule has 6 nitrogen and oxygen atoms in total. The summed E-state index contributed by atoms with van der Waals surface area (Å²) in [6.45, 7) is 2.68. The second-order valence-electron chi connectivity index (χ2n) is 4.28. The van der Waals surface area contributed by atoms with Crippen molar-refractivity contribution in [3.8, 4) is 5.75 Å². The molecule has 1 aromatic carbocycles. The molecule has 0 bridgehead atoms. The van der Waals surface area contributed by atoms with Gasteiger partial charge in [-0.15, -0.1) is 10.2 Å². The minimum atomic E-state index is -0.0988. The molecule has 0 spiro atoms. The highest BCUT2D eigenvalue weighted by Crippen LogP contribution is 2.27. The number of aryl methyl sites for hydroxylation is 1. The number of nitrogen functional groups attached to an aromatic ring is 1. The SMILES string of the molecule is Cc1cccc(Cl)c1OCCNC(=O)CSc1nnc(N)s1. The number of hydrogen-bond acceptors (Lipinski definition) is 7. The van der Waals surface area contributed by atoms with Crippen molar-refractivity contribution in [3.05, 3.63) is 28.8 Å². The van der Waals surface area contributed by atoms with Crippen molar-refractivity contribution in [3.63, 3.8) is 0 Å². The Labute approximate surface area is 141 Å². The standard InChI is InChI=1S/C13H15ClN4O2S2/c1-8-3-2-4-9(14)11(8)20-6-5-16-10(19)7-21-13-18-17-12(15)22-13/h2-4H,5-7H2,1H3,(H2,15,17)(H,16,19). The number of benzene rings is 1. The van der Waals surface area contributed by atoms with Crippen LogP contribution in [-0.2, 0) is 4.79 Å². The average Bonchev–Trinajstić information content (AvgIpc) is 2.89. The van der Waals surface area contributed by atoms with Crippen LogP contribution >= 0.6 is 34.7 Å². The molecule has 0 aliphatic rings. The van der Waals surface area contributed by atoms with Gasteiger partial charge in [0, 0.05) is 0 Å². The van der Waals surface area contributed by atoms with Crippen LogP contribution in [-0.4, -0.2) is 35.0 Å². The summed E-state index contributed by atoms with van der Waals surface area (Å²) in [7, 11) is 0. The summed E-state index contributed by atoms with van der Waals surface area (Å²) in [5.41, 5.74) is 6.43. The van der Waals surface area contributed by atoms with Crippen molar-refractivity contribution < 1.29 is 9.53 Å². The molecule has 3 N–H and O–H groups in total. The van der Waals surface area contributed by atoms with Gasteiger partial charge in [-0.3, -0.25) is 4.79 Å². The van der Waals surface area contributed by atoms with Crippen LogP contribution in [0.25, 0.3) is 0 Å². The Morgan fingerprint density at radius 3 is 3.00 bits per heavy atom. The zero-order valence-corrected chi connectivity index (χ0v) is 14.2. The molecule has 0 saturated carbocycles. The van der Waals surface area contributed by atoms with E-state index in [-0.39, 0.29) is 11.7 Å². The third-order valence-corrected chi connectivity index (χ3v) is 4.77. The fourth-order valence-electron chi connectivity index (χ4n) is 1.60. The molecule has 1 amide bonds. The van der Waals surface area contributed by atoms with Gasteiger partial charge in [0.2, 0.25) is 11.0 Å². The molecule has 0 aliphatic heterocycles. The second-order valence-corrected chi connectivity index (χ2v) is 6.92. The lowest BCUT2D eigenvalue weighted by atomic mass is 10.2. The van der Waals surface area contributed by atoms with Crippen molar-refractivity contribution in [2.45, 2.75) is 11.3 Å².